The van der Waals surface area contributed by atoms with E-state index in [1.807, 2.05) is 6.07 Å². The quantitative estimate of drug-likeness (QED) is 0.597. The molecule has 1 rings (SSSR count). The van der Waals surface area contributed by atoms with Crippen molar-refractivity contribution in [2.24, 2.45) is 5.92 Å². The molecular formula is C16H23BrN2O4S. The lowest BCUT2D eigenvalue weighted by Gasteiger charge is -2.09. The summed E-state index contributed by atoms with van der Waals surface area (Å²) in [4.78, 5) is 23.5. The summed E-state index contributed by atoms with van der Waals surface area (Å²) >= 11 is 3.30. The second kappa shape index (κ2) is 9.78. The van der Waals surface area contributed by atoms with Gasteiger partial charge < -0.3 is 10.6 Å². The highest BCUT2D eigenvalue weighted by Gasteiger charge is 2.17. The molecular weight excluding hydrogens is 396 g/mol. The van der Waals surface area contributed by atoms with Crippen LogP contribution >= 0.6 is 15.9 Å². The lowest BCUT2D eigenvalue weighted by Crippen LogP contribution is -2.34. The maximum absolute atomic E-state index is 11.9. The molecule has 0 spiro atoms. The molecule has 0 radical (unpaired) electrons. The number of sulfone groups is 1. The summed E-state index contributed by atoms with van der Waals surface area (Å²) in [6.07, 6.45) is 0.524. The molecule has 0 saturated heterocycles. The fourth-order valence-electron chi connectivity index (χ4n) is 2.07. The van der Waals surface area contributed by atoms with E-state index in [0.717, 1.165) is 4.47 Å². The predicted molar refractivity (Wildman–Crippen MR) is 97.6 cm³/mol. The van der Waals surface area contributed by atoms with Crippen molar-refractivity contribution in [3.8, 4) is 0 Å². The second-order valence-electron chi connectivity index (χ2n) is 5.92. The molecule has 24 heavy (non-hydrogen) atoms. The van der Waals surface area contributed by atoms with Crippen LogP contribution in [-0.4, -0.2) is 44.8 Å². The first-order valence-electron chi connectivity index (χ1n) is 7.70. The number of hydrogen-bond donors (Lipinski definition) is 2. The topological polar surface area (TPSA) is 92.3 Å². The largest absolute Gasteiger partial charge is 0.355 e. The molecule has 2 N–H and O–H groups in total. The van der Waals surface area contributed by atoms with Gasteiger partial charge in [-0.3, -0.25) is 9.59 Å². The third kappa shape index (κ3) is 8.44. The fourth-order valence-corrected chi connectivity index (χ4v) is 4.10. The van der Waals surface area contributed by atoms with Gasteiger partial charge in [-0.2, -0.15) is 0 Å². The normalized spacial score (nSPS) is 11.3. The van der Waals surface area contributed by atoms with E-state index in [-0.39, 0.29) is 17.6 Å². The van der Waals surface area contributed by atoms with Crippen molar-refractivity contribution in [3.63, 3.8) is 0 Å². The predicted octanol–water partition coefficient (Wildman–Crippen LogP) is 1.76. The number of carbonyl (C=O) groups excluding carboxylic acids is 2. The van der Waals surface area contributed by atoms with E-state index in [9.17, 15) is 18.0 Å². The third-order valence-corrected chi connectivity index (χ3v) is 5.36. The lowest BCUT2D eigenvalue weighted by molar-refractivity contribution is -0.118. The molecule has 1 aromatic carbocycles. The summed E-state index contributed by atoms with van der Waals surface area (Å²) < 4.78 is 24.2. The molecule has 0 aliphatic carbocycles. The highest BCUT2D eigenvalue weighted by atomic mass is 79.9. The van der Waals surface area contributed by atoms with Crippen LogP contribution < -0.4 is 10.6 Å². The van der Waals surface area contributed by atoms with Crippen molar-refractivity contribution in [1.29, 1.82) is 0 Å². The van der Waals surface area contributed by atoms with E-state index in [4.69, 9.17) is 0 Å². The van der Waals surface area contributed by atoms with Crippen LogP contribution in [0.3, 0.4) is 0 Å². The number of nitrogens with one attached hydrogen (secondary N) is 2. The molecule has 0 bridgehead atoms. The van der Waals surface area contributed by atoms with Crippen molar-refractivity contribution in [2.45, 2.75) is 20.3 Å². The van der Waals surface area contributed by atoms with Crippen LogP contribution in [0.5, 0.6) is 0 Å². The fraction of sp³-hybridized carbons (Fsp3) is 0.500. The molecule has 0 unspecified atom stereocenters. The SMILES string of the molecule is CC(C)CS(=O)(=O)CC(=O)NCCCNC(=O)c1cccc(Br)c1. The van der Waals surface area contributed by atoms with Gasteiger partial charge in [0, 0.05) is 23.1 Å². The van der Waals surface area contributed by atoms with Gasteiger partial charge >= 0.3 is 0 Å². The van der Waals surface area contributed by atoms with E-state index in [1.54, 1.807) is 32.0 Å². The van der Waals surface area contributed by atoms with Crippen molar-refractivity contribution in [3.05, 3.63) is 34.3 Å². The number of hydrogen-bond acceptors (Lipinski definition) is 4. The van der Waals surface area contributed by atoms with E-state index in [0.29, 0.717) is 25.1 Å². The van der Waals surface area contributed by atoms with Gasteiger partial charge in [0.1, 0.15) is 5.75 Å². The van der Waals surface area contributed by atoms with Crippen molar-refractivity contribution in [2.75, 3.05) is 24.6 Å². The van der Waals surface area contributed by atoms with Gasteiger partial charge in [0.15, 0.2) is 9.84 Å². The van der Waals surface area contributed by atoms with E-state index in [2.05, 4.69) is 26.6 Å². The van der Waals surface area contributed by atoms with Crippen molar-refractivity contribution >= 4 is 37.6 Å². The first kappa shape index (κ1) is 20.6. The molecule has 0 aliphatic heterocycles. The molecule has 0 fully saturated rings. The summed E-state index contributed by atoms with van der Waals surface area (Å²) in [5.41, 5.74) is 0.549. The highest BCUT2D eigenvalue weighted by Crippen LogP contribution is 2.11. The molecule has 8 heteroatoms. The van der Waals surface area contributed by atoms with Gasteiger partial charge in [-0.15, -0.1) is 0 Å². The summed E-state index contributed by atoms with van der Waals surface area (Å²) in [5, 5.41) is 5.30. The van der Waals surface area contributed by atoms with Crippen LogP contribution in [0.25, 0.3) is 0 Å². The van der Waals surface area contributed by atoms with Gasteiger partial charge in [0.05, 0.1) is 5.75 Å². The van der Waals surface area contributed by atoms with Gasteiger partial charge in [0.2, 0.25) is 5.91 Å². The number of amides is 2. The molecule has 1 aromatic rings. The molecule has 0 aliphatic rings. The minimum absolute atomic E-state index is 0.00309. The molecule has 0 atom stereocenters. The second-order valence-corrected chi connectivity index (χ2v) is 8.94. The van der Waals surface area contributed by atoms with Gasteiger partial charge in [-0.05, 0) is 30.5 Å². The Hall–Kier alpha value is -1.41. The Labute approximate surface area is 151 Å². The minimum Gasteiger partial charge on any atom is -0.355 e. The lowest BCUT2D eigenvalue weighted by atomic mass is 10.2. The highest BCUT2D eigenvalue weighted by molar-refractivity contribution is 9.10. The zero-order valence-corrected chi connectivity index (χ0v) is 16.2. The number of halogens is 1. The van der Waals surface area contributed by atoms with Crippen LogP contribution in [-0.2, 0) is 14.6 Å². The molecule has 0 saturated carbocycles. The molecule has 0 aromatic heterocycles. The molecule has 2 amide bonds. The molecule has 134 valence electrons. The van der Waals surface area contributed by atoms with Crippen molar-refractivity contribution in [1.82, 2.24) is 10.6 Å². The van der Waals surface area contributed by atoms with Gasteiger partial charge in [0.25, 0.3) is 5.91 Å². The number of carbonyl (C=O) groups is 2. The number of benzene rings is 1. The monoisotopic (exact) mass is 418 g/mol. The van der Waals surface area contributed by atoms with Crippen LogP contribution in [0, 0.1) is 5.92 Å². The number of rotatable bonds is 9. The average Bonchev–Trinajstić information content (AvgIpc) is 2.44. The summed E-state index contributed by atoms with van der Waals surface area (Å²) in [7, 11) is -3.36. The van der Waals surface area contributed by atoms with E-state index < -0.39 is 21.5 Å². The van der Waals surface area contributed by atoms with Crippen LogP contribution in [0.1, 0.15) is 30.6 Å². The Bertz CT molecular complexity index is 674. The summed E-state index contributed by atoms with van der Waals surface area (Å²) in [6.45, 7) is 4.30. The Morgan fingerprint density at radius 2 is 1.83 bits per heavy atom. The maximum atomic E-state index is 11.9. The zero-order valence-electron chi connectivity index (χ0n) is 13.8. The molecule has 0 heterocycles. The Balaban J connectivity index is 2.24. The maximum Gasteiger partial charge on any atom is 0.251 e. The average molecular weight is 419 g/mol. The van der Waals surface area contributed by atoms with Crippen LogP contribution in [0.2, 0.25) is 0 Å². The van der Waals surface area contributed by atoms with Crippen LogP contribution in [0.4, 0.5) is 0 Å². The molecule has 6 nitrogen and oxygen atoms in total. The summed E-state index contributed by atoms with van der Waals surface area (Å²) in [5.74, 6) is -1.19. The minimum atomic E-state index is -3.36. The smallest absolute Gasteiger partial charge is 0.251 e. The Morgan fingerprint density at radius 3 is 2.46 bits per heavy atom. The standard InChI is InChI=1S/C16H23BrN2O4S/c1-12(2)10-24(22,23)11-15(20)18-7-4-8-19-16(21)13-5-3-6-14(17)9-13/h3,5-6,9,12H,4,7-8,10-11H2,1-2H3,(H,18,20)(H,19,21). The van der Waals surface area contributed by atoms with E-state index in [1.165, 1.54) is 0 Å². The van der Waals surface area contributed by atoms with Crippen molar-refractivity contribution < 1.29 is 18.0 Å². The first-order chi connectivity index (χ1) is 11.2. The van der Waals surface area contributed by atoms with Gasteiger partial charge in [-0.1, -0.05) is 35.8 Å². The first-order valence-corrected chi connectivity index (χ1v) is 10.3. The van der Waals surface area contributed by atoms with Gasteiger partial charge in [-0.25, -0.2) is 8.42 Å². The zero-order chi connectivity index (χ0) is 18.2. The Kier molecular flexibility index (Phi) is 8.41. The summed E-state index contributed by atoms with van der Waals surface area (Å²) in [6, 6.07) is 7.04. The van der Waals surface area contributed by atoms with Crippen LogP contribution in [0.15, 0.2) is 28.7 Å². The Morgan fingerprint density at radius 1 is 1.17 bits per heavy atom. The third-order valence-electron chi connectivity index (χ3n) is 2.99. The van der Waals surface area contributed by atoms with E-state index >= 15 is 0 Å².